The number of rotatable bonds is 4. The predicted octanol–water partition coefficient (Wildman–Crippen LogP) is 2.98. The number of esters is 1. The molecule has 0 radical (unpaired) electrons. The number of carbonyl (C=O) groups excluding carboxylic acids is 2. The van der Waals surface area contributed by atoms with E-state index in [0.29, 0.717) is 11.8 Å². The summed E-state index contributed by atoms with van der Waals surface area (Å²) in [6.45, 7) is 1.93. The lowest BCUT2D eigenvalue weighted by Gasteiger charge is -2.35. The maximum Gasteiger partial charge on any atom is 0.417 e. The molecule has 0 bridgehead atoms. The zero-order chi connectivity index (χ0) is 23.6. The third-order valence-corrected chi connectivity index (χ3v) is 5.26. The molecule has 1 saturated heterocycles. The van der Waals surface area contributed by atoms with E-state index in [0.717, 1.165) is 6.07 Å². The van der Waals surface area contributed by atoms with Gasteiger partial charge >= 0.3 is 12.1 Å². The number of hydrogen-bond donors (Lipinski definition) is 2. The average Bonchev–Trinajstić information content (AvgIpc) is 2.75. The van der Waals surface area contributed by atoms with Gasteiger partial charge in [0.15, 0.2) is 18.1 Å². The van der Waals surface area contributed by atoms with Crippen LogP contribution in [-0.2, 0) is 15.7 Å². The van der Waals surface area contributed by atoms with E-state index in [2.05, 4.69) is 4.98 Å². The Balaban J connectivity index is 1.55. The van der Waals surface area contributed by atoms with E-state index in [1.165, 1.54) is 17.0 Å². The Morgan fingerprint density at radius 3 is 2.41 bits per heavy atom. The number of carbonyl (C=O) groups is 2. The molecule has 32 heavy (non-hydrogen) atoms. The molecular formula is C20H19ClF3N3O5. The van der Waals surface area contributed by atoms with Crippen molar-refractivity contribution in [3.05, 3.63) is 46.1 Å². The highest BCUT2D eigenvalue weighted by Crippen LogP contribution is 2.34. The molecule has 1 aromatic heterocycles. The van der Waals surface area contributed by atoms with Gasteiger partial charge in [-0.25, -0.2) is 9.78 Å². The molecule has 2 heterocycles. The molecule has 1 fully saturated rings. The lowest BCUT2D eigenvalue weighted by molar-refractivity contribution is -0.138. The number of alkyl halides is 3. The molecule has 0 unspecified atom stereocenters. The molecule has 12 heteroatoms. The number of nitrogens with zero attached hydrogens (tertiary/aromatic N) is 3. The van der Waals surface area contributed by atoms with Crippen LogP contribution in [0.1, 0.15) is 21.5 Å². The van der Waals surface area contributed by atoms with Crippen molar-refractivity contribution in [3.8, 4) is 11.5 Å². The number of phenols is 2. The summed E-state index contributed by atoms with van der Waals surface area (Å²) in [5.41, 5.74) is -0.848. The Morgan fingerprint density at radius 2 is 1.81 bits per heavy atom. The van der Waals surface area contributed by atoms with Gasteiger partial charge in [0.25, 0.3) is 5.91 Å². The lowest BCUT2D eigenvalue weighted by atomic mass is 10.1. The van der Waals surface area contributed by atoms with Crippen molar-refractivity contribution in [3.63, 3.8) is 0 Å². The van der Waals surface area contributed by atoms with Crippen LogP contribution in [0.5, 0.6) is 11.5 Å². The quantitative estimate of drug-likeness (QED) is 0.519. The molecule has 0 aliphatic carbocycles. The Morgan fingerprint density at radius 1 is 1.16 bits per heavy atom. The number of amides is 1. The van der Waals surface area contributed by atoms with E-state index >= 15 is 0 Å². The van der Waals surface area contributed by atoms with E-state index in [-0.39, 0.29) is 42.6 Å². The molecule has 0 atom stereocenters. The van der Waals surface area contributed by atoms with Gasteiger partial charge in [0.05, 0.1) is 10.6 Å². The van der Waals surface area contributed by atoms with Gasteiger partial charge in [0, 0.05) is 32.4 Å². The molecule has 1 aliphatic rings. The average molecular weight is 474 g/mol. The highest BCUT2D eigenvalue weighted by Gasteiger charge is 2.32. The van der Waals surface area contributed by atoms with Crippen molar-refractivity contribution in [2.24, 2.45) is 0 Å². The first kappa shape index (κ1) is 23.5. The van der Waals surface area contributed by atoms with Gasteiger partial charge in [0.2, 0.25) is 0 Å². The summed E-state index contributed by atoms with van der Waals surface area (Å²) in [6, 6.07) is 3.50. The summed E-state index contributed by atoms with van der Waals surface area (Å²) in [6.07, 6.45) is -3.84. The van der Waals surface area contributed by atoms with Crippen molar-refractivity contribution in [1.82, 2.24) is 9.88 Å². The van der Waals surface area contributed by atoms with Crippen LogP contribution in [0.4, 0.5) is 19.0 Å². The summed E-state index contributed by atoms with van der Waals surface area (Å²) >= 11 is 5.96. The van der Waals surface area contributed by atoms with E-state index in [1.54, 1.807) is 11.8 Å². The Bertz CT molecular complexity index is 1040. The van der Waals surface area contributed by atoms with Crippen molar-refractivity contribution >= 4 is 29.3 Å². The Kier molecular flexibility index (Phi) is 6.68. The number of aromatic hydroxyl groups is 2. The minimum atomic E-state index is -4.55. The van der Waals surface area contributed by atoms with Gasteiger partial charge in [0.1, 0.15) is 11.4 Å². The molecule has 1 aliphatic heterocycles. The number of hydrogen-bond acceptors (Lipinski definition) is 7. The van der Waals surface area contributed by atoms with Crippen LogP contribution in [0.2, 0.25) is 5.02 Å². The molecule has 3 rings (SSSR count). The summed E-state index contributed by atoms with van der Waals surface area (Å²) in [5.74, 6) is -2.34. The van der Waals surface area contributed by atoms with Crippen LogP contribution in [0.25, 0.3) is 0 Å². The van der Waals surface area contributed by atoms with Crippen LogP contribution in [0, 0.1) is 6.92 Å². The number of benzene rings is 1. The number of aromatic nitrogens is 1. The number of anilines is 1. The summed E-state index contributed by atoms with van der Waals surface area (Å²) in [5, 5.41) is 19.4. The first-order valence-corrected chi connectivity index (χ1v) is 9.81. The largest absolute Gasteiger partial charge is 0.504 e. The monoisotopic (exact) mass is 473 g/mol. The van der Waals surface area contributed by atoms with Crippen LogP contribution in [0.3, 0.4) is 0 Å². The van der Waals surface area contributed by atoms with Crippen LogP contribution >= 0.6 is 11.6 Å². The normalized spacial score (nSPS) is 14.4. The number of piperazine rings is 1. The minimum Gasteiger partial charge on any atom is -0.504 e. The van der Waals surface area contributed by atoms with Crippen molar-refractivity contribution < 1.29 is 37.7 Å². The topological polar surface area (TPSA) is 103 Å². The second kappa shape index (κ2) is 9.11. The van der Waals surface area contributed by atoms with Gasteiger partial charge in [-0.05, 0) is 24.6 Å². The molecule has 2 aromatic rings. The molecule has 0 spiro atoms. The van der Waals surface area contributed by atoms with Gasteiger partial charge in [-0.15, -0.1) is 0 Å². The zero-order valence-corrected chi connectivity index (χ0v) is 17.6. The van der Waals surface area contributed by atoms with Crippen molar-refractivity contribution in [2.45, 2.75) is 13.1 Å². The van der Waals surface area contributed by atoms with Gasteiger partial charge in [-0.3, -0.25) is 4.79 Å². The second-order valence-electron chi connectivity index (χ2n) is 7.10. The van der Waals surface area contributed by atoms with Crippen molar-refractivity contribution in [1.29, 1.82) is 0 Å². The standard InChI is InChI=1S/C20H19ClF3N3O5/c1-11-2-3-13(17(30)16(11)29)19(31)32-10-15(28)26-4-6-27(7-5-26)18-14(21)8-12(9-25-18)20(22,23)24/h2-3,8-9,29-30H,4-7,10H2,1H3. The van der Waals surface area contributed by atoms with Crippen LogP contribution in [-0.4, -0.2) is 64.8 Å². The minimum absolute atomic E-state index is 0.144. The molecule has 0 saturated carbocycles. The summed E-state index contributed by atoms with van der Waals surface area (Å²) in [4.78, 5) is 31.4. The van der Waals surface area contributed by atoms with E-state index < -0.39 is 41.7 Å². The number of ether oxygens (including phenoxy) is 1. The highest BCUT2D eigenvalue weighted by atomic mass is 35.5. The van der Waals surface area contributed by atoms with Crippen LogP contribution in [0.15, 0.2) is 24.4 Å². The third-order valence-electron chi connectivity index (χ3n) is 4.98. The second-order valence-corrected chi connectivity index (χ2v) is 7.51. The fraction of sp³-hybridized carbons (Fsp3) is 0.350. The molecule has 1 amide bonds. The zero-order valence-electron chi connectivity index (χ0n) is 16.8. The first-order chi connectivity index (χ1) is 15.0. The van der Waals surface area contributed by atoms with E-state index in [1.807, 2.05) is 0 Å². The maximum atomic E-state index is 12.8. The van der Waals surface area contributed by atoms with Gasteiger partial charge in [-0.1, -0.05) is 17.7 Å². The van der Waals surface area contributed by atoms with E-state index in [9.17, 15) is 33.0 Å². The number of phenolic OH excluding ortho intramolecular Hbond substituents is 2. The van der Waals surface area contributed by atoms with Gasteiger partial charge in [-0.2, -0.15) is 13.2 Å². The lowest BCUT2D eigenvalue weighted by Crippen LogP contribution is -2.50. The molecule has 2 N–H and O–H groups in total. The molecule has 8 nitrogen and oxygen atoms in total. The molecular weight excluding hydrogens is 455 g/mol. The summed E-state index contributed by atoms with van der Waals surface area (Å²) in [7, 11) is 0. The highest BCUT2D eigenvalue weighted by molar-refractivity contribution is 6.33. The van der Waals surface area contributed by atoms with E-state index in [4.69, 9.17) is 16.3 Å². The molecule has 172 valence electrons. The summed E-state index contributed by atoms with van der Waals surface area (Å²) < 4.78 is 43.2. The van der Waals surface area contributed by atoms with Crippen molar-refractivity contribution in [2.75, 3.05) is 37.7 Å². The fourth-order valence-corrected chi connectivity index (χ4v) is 3.41. The number of halogens is 4. The fourth-order valence-electron chi connectivity index (χ4n) is 3.13. The van der Waals surface area contributed by atoms with Crippen LogP contribution < -0.4 is 4.90 Å². The first-order valence-electron chi connectivity index (χ1n) is 9.43. The number of aryl methyl sites for hydroxylation is 1. The third kappa shape index (κ3) is 4.98. The molecule has 1 aromatic carbocycles. The smallest absolute Gasteiger partial charge is 0.417 e. The predicted molar refractivity (Wildman–Crippen MR) is 108 cm³/mol. The maximum absolute atomic E-state index is 12.8. The Labute approximate surface area is 185 Å². The van der Waals surface area contributed by atoms with Gasteiger partial charge < -0.3 is 24.7 Å². The Hall–Kier alpha value is -3.21. The SMILES string of the molecule is Cc1ccc(C(=O)OCC(=O)N2CCN(c3ncc(C(F)(F)F)cc3Cl)CC2)c(O)c1O. The number of pyridine rings is 1.